The minimum Gasteiger partial charge on any atom is -0.467 e. The third-order valence-corrected chi connectivity index (χ3v) is 4.61. The Balaban J connectivity index is 1.40. The van der Waals surface area contributed by atoms with Crippen molar-refractivity contribution in [2.24, 2.45) is 0 Å². The fourth-order valence-electron chi connectivity index (χ4n) is 2.99. The molecule has 1 fully saturated rings. The molecule has 1 saturated carbocycles. The van der Waals surface area contributed by atoms with Crippen molar-refractivity contribution in [2.75, 3.05) is 13.1 Å². The fourth-order valence-corrected chi connectivity index (χ4v) is 2.99. The van der Waals surface area contributed by atoms with E-state index >= 15 is 0 Å². The van der Waals surface area contributed by atoms with Gasteiger partial charge in [0.15, 0.2) is 0 Å². The number of nitrogens with one attached hydrogen (secondary N) is 3. The van der Waals surface area contributed by atoms with Crippen molar-refractivity contribution in [3.05, 3.63) is 59.5 Å². The van der Waals surface area contributed by atoms with Gasteiger partial charge in [0.25, 0.3) is 0 Å². The van der Waals surface area contributed by atoms with E-state index in [4.69, 9.17) is 4.42 Å². The van der Waals surface area contributed by atoms with Gasteiger partial charge in [-0.1, -0.05) is 24.3 Å². The molecule has 0 aliphatic heterocycles. The van der Waals surface area contributed by atoms with Crippen LogP contribution in [0.5, 0.6) is 0 Å². The van der Waals surface area contributed by atoms with Gasteiger partial charge in [-0.15, -0.1) is 0 Å². The van der Waals surface area contributed by atoms with E-state index in [9.17, 15) is 9.59 Å². The zero-order valence-corrected chi connectivity index (χ0v) is 14.3. The van der Waals surface area contributed by atoms with E-state index in [1.54, 1.807) is 18.4 Å². The average molecular weight is 341 g/mol. The van der Waals surface area contributed by atoms with Crippen molar-refractivity contribution in [3.63, 3.8) is 0 Å². The lowest BCUT2D eigenvalue weighted by Crippen LogP contribution is -2.44. The van der Waals surface area contributed by atoms with Gasteiger partial charge in [0.2, 0.25) is 5.91 Å². The van der Waals surface area contributed by atoms with Crippen molar-refractivity contribution in [1.82, 2.24) is 16.0 Å². The Hall–Kier alpha value is -2.76. The lowest BCUT2D eigenvalue weighted by Gasteiger charge is -2.19. The van der Waals surface area contributed by atoms with Gasteiger partial charge in [0, 0.05) is 12.0 Å². The molecule has 0 radical (unpaired) electrons. The lowest BCUT2D eigenvalue weighted by atomic mass is 9.92. The van der Waals surface area contributed by atoms with E-state index in [0.29, 0.717) is 18.8 Å². The molecule has 3 amide bonds. The number of benzene rings is 1. The summed E-state index contributed by atoms with van der Waals surface area (Å²) in [4.78, 5) is 23.7. The molecule has 6 nitrogen and oxygen atoms in total. The number of amides is 3. The van der Waals surface area contributed by atoms with Crippen LogP contribution in [0.2, 0.25) is 0 Å². The first kappa shape index (κ1) is 17.1. The first-order valence-electron chi connectivity index (χ1n) is 8.46. The third-order valence-electron chi connectivity index (χ3n) is 4.61. The molecule has 3 N–H and O–H groups in total. The highest BCUT2D eigenvalue weighted by Crippen LogP contribution is 2.48. The number of rotatable bonds is 7. The smallest absolute Gasteiger partial charge is 0.315 e. The lowest BCUT2D eigenvalue weighted by molar-refractivity contribution is -0.120. The number of aryl methyl sites for hydroxylation is 1. The van der Waals surface area contributed by atoms with Crippen LogP contribution in [-0.4, -0.2) is 25.0 Å². The number of hydrogen-bond donors (Lipinski definition) is 3. The SMILES string of the molecule is Cc1ccccc1C1(CNC(=O)NCC(=O)NCc2ccco2)CC1. The number of carbonyl (C=O) groups excluding carboxylic acids is 2. The second kappa shape index (κ2) is 7.42. The molecule has 1 aliphatic carbocycles. The van der Waals surface area contributed by atoms with Crippen LogP contribution < -0.4 is 16.0 Å². The van der Waals surface area contributed by atoms with Crippen molar-refractivity contribution in [2.45, 2.75) is 31.7 Å². The predicted octanol–water partition coefficient (Wildman–Crippen LogP) is 2.24. The van der Waals surface area contributed by atoms with Crippen molar-refractivity contribution >= 4 is 11.9 Å². The van der Waals surface area contributed by atoms with Crippen LogP contribution >= 0.6 is 0 Å². The predicted molar refractivity (Wildman–Crippen MR) is 94.0 cm³/mol. The van der Waals surface area contributed by atoms with E-state index in [2.05, 4.69) is 35.0 Å². The first-order chi connectivity index (χ1) is 12.1. The van der Waals surface area contributed by atoms with Crippen LogP contribution in [0.15, 0.2) is 47.1 Å². The summed E-state index contributed by atoms with van der Waals surface area (Å²) in [6.45, 7) is 2.92. The topological polar surface area (TPSA) is 83.4 Å². The largest absolute Gasteiger partial charge is 0.467 e. The van der Waals surface area contributed by atoms with Crippen LogP contribution in [0.3, 0.4) is 0 Å². The summed E-state index contributed by atoms with van der Waals surface area (Å²) in [6.07, 6.45) is 3.69. The van der Waals surface area contributed by atoms with Gasteiger partial charge in [0.05, 0.1) is 19.4 Å². The van der Waals surface area contributed by atoms with E-state index in [0.717, 1.165) is 12.8 Å². The van der Waals surface area contributed by atoms with Crippen molar-refractivity contribution in [1.29, 1.82) is 0 Å². The molecule has 1 aliphatic rings. The maximum Gasteiger partial charge on any atom is 0.315 e. The molecule has 2 aromatic rings. The van der Waals surface area contributed by atoms with Crippen LogP contribution in [0.25, 0.3) is 0 Å². The van der Waals surface area contributed by atoms with E-state index in [-0.39, 0.29) is 23.9 Å². The normalized spacial score (nSPS) is 14.6. The zero-order valence-electron chi connectivity index (χ0n) is 14.3. The van der Waals surface area contributed by atoms with Crippen molar-refractivity contribution < 1.29 is 14.0 Å². The molecule has 132 valence electrons. The Morgan fingerprint density at radius 3 is 2.56 bits per heavy atom. The van der Waals surface area contributed by atoms with E-state index in [1.165, 1.54) is 11.1 Å². The maximum atomic E-state index is 12.0. The highest BCUT2D eigenvalue weighted by Gasteiger charge is 2.45. The molecular weight excluding hydrogens is 318 g/mol. The Morgan fingerprint density at radius 2 is 1.88 bits per heavy atom. The fraction of sp³-hybridized carbons (Fsp3) is 0.368. The van der Waals surface area contributed by atoms with Gasteiger partial charge in [-0.2, -0.15) is 0 Å². The summed E-state index contributed by atoms with van der Waals surface area (Å²) in [5, 5.41) is 8.16. The van der Waals surface area contributed by atoms with E-state index < -0.39 is 0 Å². The molecule has 0 spiro atoms. The highest BCUT2D eigenvalue weighted by molar-refractivity contribution is 5.83. The summed E-state index contributed by atoms with van der Waals surface area (Å²) in [5.74, 6) is 0.415. The summed E-state index contributed by atoms with van der Waals surface area (Å²) in [6, 6.07) is 11.5. The maximum absolute atomic E-state index is 12.0. The van der Waals surface area contributed by atoms with E-state index in [1.807, 2.05) is 12.1 Å². The Labute approximate surface area is 147 Å². The van der Waals surface area contributed by atoms with Gasteiger partial charge in [-0.25, -0.2) is 4.79 Å². The Kier molecular flexibility index (Phi) is 5.07. The van der Waals surface area contributed by atoms with Gasteiger partial charge in [-0.3, -0.25) is 4.79 Å². The van der Waals surface area contributed by atoms with Gasteiger partial charge < -0.3 is 20.4 Å². The number of carbonyl (C=O) groups is 2. The third kappa shape index (κ3) is 4.41. The summed E-state index contributed by atoms with van der Waals surface area (Å²) in [7, 11) is 0. The summed E-state index contributed by atoms with van der Waals surface area (Å²) >= 11 is 0. The Morgan fingerprint density at radius 1 is 1.08 bits per heavy atom. The minimum absolute atomic E-state index is 0.0459. The minimum atomic E-state index is -0.326. The van der Waals surface area contributed by atoms with Gasteiger partial charge >= 0.3 is 6.03 Å². The molecule has 0 atom stereocenters. The van der Waals surface area contributed by atoms with Gasteiger partial charge in [-0.05, 0) is 43.0 Å². The molecule has 0 bridgehead atoms. The summed E-state index contributed by atoms with van der Waals surface area (Å²) < 4.78 is 5.13. The average Bonchev–Trinajstić information content (AvgIpc) is 3.21. The summed E-state index contributed by atoms with van der Waals surface area (Å²) in [5.41, 5.74) is 2.59. The molecule has 1 aromatic heterocycles. The molecule has 25 heavy (non-hydrogen) atoms. The standard InChI is InChI=1S/C19H23N3O3/c1-14-5-2-3-7-16(14)19(8-9-19)13-22-18(24)21-12-17(23)20-11-15-6-4-10-25-15/h2-7,10H,8-9,11-13H2,1H3,(H,20,23)(H2,21,22,24). The molecule has 0 unspecified atom stereocenters. The quantitative estimate of drug-likeness (QED) is 0.722. The molecule has 1 aromatic carbocycles. The van der Waals surface area contributed by atoms with Gasteiger partial charge in [0.1, 0.15) is 5.76 Å². The van der Waals surface area contributed by atoms with Crippen LogP contribution in [0.1, 0.15) is 29.7 Å². The monoisotopic (exact) mass is 341 g/mol. The Bertz CT molecular complexity index is 736. The number of urea groups is 1. The van der Waals surface area contributed by atoms with Crippen LogP contribution in [-0.2, 0) is 16.8 Å². The number of furan rings is 1. The van der Waals surface area contributed by atoms with Crippen LogP contribution in [0.4, 0.5) is 4.79 Å². The molecule has 6 heteroatoms. The molecular formula is C19H23N3O3. The number of hydrogen-bond acceptors (Lipinski definition) is 3. The molecule has 0 saturated heterocycles. The highest BCUT2D eigenvalue weighted by atomic mass is 16.3. The molecule has 1 heterocycles. The zero-order chi connectivity index (χ0) is 17.7. The second-order valence-electron chi connectivity index (χ2n) is 6.49. The first-order valence-corrected chi connectivity index (χ1v) is 8.46. The second-order valence-corrected chi connectivity index (χ2v) is 6.49. The van der Waals surface area contributed by atoms with Crippen LogP contribution in [0, 0.1) is 6.92 Å². The molecule has 3 rings (SSSR count). The van der Waals surface area contributed by atoms with Crippen molar-refractivity contribution in [3.8, 4) is 0 Å².